The highest BCUT2D eigenvalue weighted by molar-refractivity contribution is 5.52. The molecular formula is C13H23N5O. The van der Waals surface area contributed by atoms with Crippen LogP contribution in [0, 0.1) is 6.92 Å². The number of aryl methyl sites for hydroxylation is 1. The lowest BCUT2D eigenvalue weighted by Crippen LogP contribution is -2.53. The fourth-order valence-corrected chi connectivity index (χ4v) is 2.61. The second-order valence-corrected chi connectivity index (χ2v) is 5.09. The highest BCUT2D eigenvalue weighted by Crippen LogP contribution is 2.24. The van der Waals surface area contributed by atoms with Crippen molar-refractivity contribution in [3.63, 3.8) is 0 Å². The van der Waals surface area contributed by atoms with Crippen LogP contribution in [-0.4, -0.2) is 59.3 Å². The monoisotopic (exact) mass is 265 g/mol. The zero-order valence-electron chi connectivity index (χ0n) is 11.9. The van der Waals surface area contributed by atoms with Gasteiger partial charge < -0.3 is 15.7 Å². The summed E-state index contributed by atoms with van der Waals surface area (Å²) in [6.45, 7) is 6.82. The Labute approximate surface area is 114 Å². The summed E-state index contributed by atoms with van der Waals surface area (Å²) in [5.74, 6) is 1.25. The summed E-state index contributed by atoms with van der Waals surface area (Å²) in [4.78, 5) is 13.0. The van der Waals surface area contributed by atoms with Crippen molar-refractivity contribution in [2.45, 2.75) is 26.3 Å². The van der Waals surface area contributed by atoms with Gasteiger partial charge in [-0.25, -0.2) is 4.98 Å². The first-order valence-electron chi connectivity index (χ1n) is 6.75. The average molecular weight is 265 g/mol. The minimum Gasteiger partial charge on any atom is -0.395 e. The van der Waals surface area contributed by atoms with Gasteiger partial charge in [0.2, 0.25) is 5.95 Å². The molecule has 1 fully saturated rings. The second-order valence-electron chi connectivity index (χ2n) is 5.09. The normalized spacial score (nSPS) is 20.8. The Bertz CT molecular complexity index is 451. The maximum absolute atomic E-state index is 9.44. The minimum atomic E-state index is 0.148. The molecule has 0 bridgehead atoms. The summed E-state index contributed by atoms with van der Waals surface area (Å²) >= 11 is 0. The molecule has 2 heterocycles. The van der Waals surface area contributed by atoms with E-state index in [2.05, 4.69) is 26.7 Å². The molecule has 19 heavy (non-hydrogen) atoms. The third-order valence-corrected chi connectivity index (χ3v) is 3.85. The van der Waals surface area contributed by atoms with Gasteiger partial charge in [-0.15, -0.1) is 0 Å². The molecule has 1 saturated heterocycles. The van der Waals surface area contributed by atoms with E-state index >= 15 is 0 Å². The van der Waals surface area contributed by atoms with Crippen LogP contribution < -0.4 is 10.6 Å². The number of nitrogens with zero attached hydrogens (tertiary/aromatic N) is 4. The quantitative estimate of drug-likeness (QED) is 0.803. The van der Waals surface area contributed by atoms with Gasteiger partial charge in [0.15, 0.2) is 0 Å². The minimum absolute atomic E-state index is 0.148. The van der Waals surface area contributed by atoms with Crippen molar-refractivity contribution in [1.29, 1.82) is 0 Å². The molecule has 1 aliphatic heterocycles. The number of rotatable bonds is 3. The molecule has 1 aliphatic rings. The Morgan fingerprint density at radius 1 is 1.37 bits per heavy atom. The molecule has 106 valence electrons. The van der Waals surface area contributed by atoms with E-state index in [1.54, 1.807) is 0 Å². The van der Waals surface area contributed by atoms with Crippen LogP contribution in [0.4, 0.5) is 11.8 Å². The van der Waals surface area contributed by atoms with Crippen LogP contribution in [0.5, 0.6) is 0 Å². The molecule has 6 nitrogen and oxygen atoms in total. The predicted molar refractivity (Wildman–Crippen MR) is 76.3 cm³/mol. The van der Waals surface area contributed by atoms with Crippen LogP contribution in [-0.2, 0) is 6.42 Å². The van der Waals surface area contributed by atoms with E-state index < -0.39 is 0 Å². The first kappa shape index (κ1) is 14.0. The van der Waals surface area contributed by atoms with Gasteiger partial charge in [-0.3, -0.25) is 4.90 Å². The molecule has 2 rings (SSSR count). The second kappa shape index (κ2) is 5.71. The number of nitrogen functional groups attached to an aromatic ring is 1. The number of anilines is 2. The summed E-state index contributed by atoms with van der Waals surface area (Å²) in [5.41, 5.74) is 7.87. The van der Waals surface area contributed by atoms with Crippen LogP contribution >= 0.6 is 0 Å². The van der Waals surface area contributed by atoms with Gasteiger partial charge in [-0.2, -0.15) is 4.98 Å². The Balaban J connectivity index is 2.31. The van der Waals surface area contributed by atoms with Gasteiger partial charge in [-0.1, -0.05) is 6.92 Å². The van der Waals surface area contributed by atoms with Gasteiger partial charge in [0.25, 0.3) is 0 Å². The molecule has 0 amide bonds. The lowest BCUT2D eigenvalue weighted by atomic mass is 10.1. The van der Waals surface area contributed by atoms with Crippen LogP contribution in [0.25, 0.3) is 0 Å². The Morgan fingerprint density at radius 2 is 2.11 bits per heavy atom. The van der Waals surface area contributed by atoms with E-state index in [0.717, 1.165) is 43.1 Å². The van der Waals surface area contributed by atoms with Crippen LogP contribution in [0.2, 0.25) is 0 Å². The number of hydrogen-bond acceptors (Lipinski definition) is 6. The van der Waals surface area contributed by atoms with Crippen LogP contribution in [0.1, 0.15) is 18.2 Å². The lowest BCUT2D eigenvalue weighted by molar-refractivity contribution is 0.135. The van der Waals surface area contributed by atoms with Gasteiger partial charge in [0.05, 0.1) is 12.6 Å². The molecule has 1 aromatic rings. The van der Waals surface area contributed by atoms with E-state index in [4.69, 9.17) is 5.73 Å². The SMILES string of the molecule is CCc1c(C)nc(N)nc1N1CCN(C)[C@H](CO)C1. The Hall–Kier alpha value is -1.40. The number of aliphatic hydroxyl groups is 1. The van der Waals surface area contributed by atoms with Crippen molar-refractivity contribution in [1.82, 2.24) is 14.9 Å². The highest BCUT2D eigenvalue weighted by atomic mass is 16.3. The number of aliphatic hydroxyl groups excluding tert-OH is 1. The summed E-state index contributed by atoms with van der Waals surface area (Å²) in [6, 6.07) is 0.148. The zero-order valence-corrected chi connectivity index (χ0v) is 11.9. The van der Waals surface area contributed by atoms with Gasteiger partial charge >= 0.3 is 0 Å². The van der Waals surface area contributed by atoms with E-state index in [-0.39, 0.29) is 12.6 Å². The first-order valence-corrected chi connectivity index (χ1v) is 6.75. The summed E-state index contributed by atoms with van der Waals surface area (Å²) in [6.07, 6.45) is 0.886. The number of piperazine rings is 1. The predicted octanol–water partition coefficient (Wildman–Crippen LogP) is 0.0423. The molecule has 6 heteroatoms. The van der Waals surface area contributed by atoms with E-state index in [9.17, 15) is 5.11 Å². The third kappa shape index (κ3) is 2.79. The van der Waals surface area contributed by atoms with Crippen molar-refractivity contribution in [2.75, 3.05) is 43.9 Å². The zero-order chi connectivity index (χ0) is 14.0. The lowest BCUT2D eigenvalue weighted by Gasteiger charge is -2.39. The van der Waals surface area contributed by atoms with Crippen molar-refractivity contribution in [2.24, 2.45) is 0 Å². The van der Waals surface area contributed by atoms with Crippen molar-refractivity contribution >= 4 is 11.8 Å². The number of nitrogens with two attached hydrogens (primary N) is 1. The van der Waals surface area contributed by atoms with Gasteiger partial charge in [-0.05, 0) is 20.4 Å². The van der Waals surface area contributed by atoms with Gasteiger partial charge in [0.1, 0.15) is 5.82 Å². The molecule has 0 aliphatic carbocycles. The summed E-state index contributed by atoms with van der Waals surface area (Å²) in [5, 5.41) is 9.44. The average Bonchev–Trinajstić information content (AvgIpc) is 2.38. The topological polar surface area (TPSA) is 78.5 Å². The number of hydrogen-bond donors (Lipinski definition) is 2. The van der Waals surface area contributed by atoms with Crippen LogP contribution in [0.15, 0.2) is 0 Å². The van der Waals surface area contributed by atoms with Crippen molar-refractivity contribution in [3.8, 4) is 0 Å². The molecule has 1 aromatic heterocycles. The molecule has 1 atom stereocenters. The molecule has 0 aromatic carbocycles. The van der Waals surface area contributed by atoms with E-state index in [1.165, 1.54) is 0 Å². The van der Waals surface area contributed by atoms with Gasteiger partial charge in [0, 0.05) is 30.9 Å². The maximum atomic E-state index is 9.44. The van der Waals surface area contributed by atoms with Crippen molar-refractivity contribution in [3.05, 3.63) is 11.3 Å². The number of aromatic nitrogens is 2. The molecule has 0 radical (unpaired) electrons. The third-order valence-electron chi connectivity index (χ3n) is 3.85. The highest BCUT2D eigenvalue weighted by Gasteiger charge is 2.26. The fourth-order valence-electron chi connectivity index (χ4n) is 2.61. The molecular weight excluding hydrogens is 242 g/mol. The summed E-state index contributed by atoms with van der Waals surface area (Å²) < 4.78 is 0. The largest absolute Gasteiger partial charge is 0.395 e. The molecule has 0 unspecified atom stereocenters. The van der Waals surface area contributed by atoms with E-state index in [0.29, 0.717) is 5.95 Å². The number of likely N-dealkylation sites (N-methyl/N-ethyl adjacent to an activating group) is 1. The fraction of sp³-hybridized carbons (Fsp3) is 0.692. The van der Waals surface area contributed by atoms with E-state index in [1.807, 2.05) is 14.0 Å². The first-order chi connectivity index (χ1) is 9.06. The molecule has 0 saturated carbocycles. The van der Waals surface area contributed by atoms with Crippen LogP contribution in [0.3, 0.4) is 0 Å². The molecule has 0 spiro atoms. The Kier molecular flexibility index (Phi) is 4.21. The van der Waals surface area contributed by atoms with Crippen molar-refractivity contribution < 1.29 is 5.11 Å². The molecule has 3 N–H and O–H groups in total. The standard InChI is InChI=1S/C13H23N5O/c1-4-11-9(2)15-13(14)16-12(11)18-6-5-17(3)10(7-18)8-19/h10,19H,4-8H2,1-3H3,(H2,14,15,16)/t10-/m0/s1. The summed E-state index contributed by atoms with van der Waals surface area (Å²) in [7, 11) is 2.04. The maximum Gasteiger partial charge on any atom is 0.222 e. The Morgan fingerprint density at radius 3 is 2.74 bits per heavy atom. The smallest absolute Gasteiger partial charge is 0.222 e.